The van der Waals surface area contributed by atoms with Gasteiger partial charge < -0.3 is 18.9 Å². The van der Waals surface area contributed by atoms with E-state index in [0.29, 0.717) is 23.4 Å². The van der Waals surface area contributed by atoms with E-state index in [9.17, 15) is 4.79 Å². The van der Waals surface area contributed by atoms with E-state index < -0.39 is 12.1 Å². The second-order valence-corrected chi connectivity index (χ2v) is 8.87. The van der Waals surface area contributed by atoms with E-state index in [1.807, 2.05) is 55.5 Å². The van der Waals surface area contributed by atoms with E-state index in [0.717, 1.165) is 32.5 Å². The highest BCUT2D eigenvalue weighted by Crippen LogP contribution is 2.35. The number of aryl methyl sites for hydroxylation is 1. The van der Waals surface area contributed by atoms with Gasteiger partial charge in [-0.3, -0.25) is 0 Å². The van der Waals surface area contributed by atoms with Gasteiger partial charge in [0.15, 0.2) is 0 Å². The molecule has 0 radical (unpaired) electrons. The first-order valence-corrected chi connectivity index (χ1v) is 12.2. The summed E-state index contributed by atoms with van der Waals surface area (Å²) < 4.78 is 28.0. The first kappa shape index (κ1) is 24.8. The first-order chi connectivity index (χ1) is 17.0. The summed E-state index contributed by atoms with van der Waals surface area (Å²) in [6.45, 7) is 4.21. The fourth-order valence-electron chi connectivity index (χ4n) is 3.56. The Morgan fingerprint density at radius 2 is 1.91 bits per heavy atom. The number of methoxy groups -OCH3 is 1. The van der Waals surface area contributed by atoms with Gasteiger partial charge in [0.05, 0.1) is 23.8 Å². The van der Waals surface area contributed by atoms with E-state index in [4.69, 9.17) is 30.5 Å². The smallest absolute Gasteiger partial charge is 0.347 e. The maximum Gasteiger partial charge on any atom is 0.347 e. The molecule has 182 valence electrons. The van der Waals surface area contributed by atoms with Crippen LogP contribution in [0.15, 0.2) is 54.7 Å². The van der Waals surface area contributed by atoms with Gasteiger partial charge in [0.1, 0.15) is 23.3 Å². The van der Waals surface area contributed by atoms with E-state index in [1.165, 1.54) is 11.5 Å². The van der Waals surface area contributed by atoms with E-state index in [-0.39, 0.29) is 13.0 Å². The molecular formula is C26H25ClN2O5S. The predicted molar refractivity (Wildman–Crippen MR) is 136 cm³/mol. The van der Waals surface area contributed by atoms with Crippen LogP contribution in [0.4, 0.5) is 0 Å². The van der Waals surface area contributed by atoms with Gasteiger partial charge in [-0.15, -0.1) is 0 Å². The van der Waals surface area contributed by atoms with Crippen LogP contribution in [0.2, 0.25) is 5.15 Å². The average molecular weight is 513 g/mol. The van der Waals surface area contributed by atoms with Crippen molar-refractivity contribution in [3.8, 4) is 17.4 Å². The minimum absolute atomic E-state index is 0.237. The molecule has 0 spiro atoms. The zero-order valence-electron chi connectivity index (χ0n) is 19.6. The van der Waals surface area contributed by atoms with Gasteiger partial charge in [0.2, 0.25) is 12.0 Å². The summed E-state index contributed by atoms with van der Waals surface area (Å²) in [6, 6.07) is 15.2. The van der Waals surface area contributed by atoms with Crippen LogP contribution < -0.4 is 14.2 Å². The molecule has 2 aromatic heterocycles. The van der Waals surface area contributed by atoms with Gasteiger partial charge >= 0.3 is 5.97 Å². The molecule has 0 aliphatic heterocycles. The molecule has 4 aromatic rings. The Hall–Kier alpha value is -3.36. The number of fused-ring (bicyclic) bond motifs is 1. The highest BCUT2D eigenvalue weighted by molar-refractivity contribution is 7.13. The molecule has 0 aliphatic rings. The number of nitrogens with zero attached hydrogens (tertiary/aromatic N) is 2. The molecule has 9 heteroatoms. The molecule has 4 rings (SSSR count). The second-order valence-electron chi connectivity index (χ2n) is 7.71. The van der Waals surface area contributed by atoms with Crippen LogP contribution in [0.25, 0.3) is 10.1 Å². The quantitative estimate of drug-likeness (QED) is 0.196. The minimum atomic E-state index is -0.919. The summed E-state index contributed by atoms with van der Waals surface area (Å²) in [4.78, 5) is 17.0. The lowest BCUT2D eigenvalue weighted by Gasteiger charge is -2.19. The number of ether oxygens (including phenoxy) is 4. The molecule has 0 saturated heterocycles. The number of hydrogen-bond acceptors (Lipinski definition) is 8. The molecule has 2 aromatic carbocycles. The maximum absolute atomic E-state index is 12.9. The largest absolute Gasteiger partial charge is 0.497 e. The SMILES string of the molecule is CCOC(=O)C(Cc1ccccc1OCc1ccc(OC)cc1)Oc1nsc2cnc(Cl)c(C)c12. The Bertz CT molecular complexity index is 1310. The standard InChI is InChI=1S/C26H25ClN2O5S/c1-4-32-26(30)21(34-25-23-16(2)24(27)28-14-22(23)35-29-25)13-18-7-5-6-8-20(18)33-15-17-9-11-19(31-3)12-10-17/h5-12,14,21H,4,13,15H2,1-3H3. The number of hydrogen-bond donors (Lipinski definition) is 0. The van der Waals surface area contributed by atoms with Crippen LogP contribution >= 0.6 is 23.1 Å². The van der Waals surface area contributed by atoms with E-state index >= 15 is 0 Å². The van der Waals surface area contributed by atoms with Gasteiger partial charge in [-0.2, -0.15) is 4.37 Å². The number of rotatable bonds is 10. The molecule has 0 aliphatic carbocycles. The van der Waals surface area contributed by atoms with E-state index in [2.05, 4.69) is 9.36 Å². The number of carbonyl (C=O) groups is 1. The normalized spacial score (nSPS) is 11.8. The van der Waals surface area contributed by atoms with Crippen molar-refractivity contribution in [1.82, 2.24) is 9.36 Å². The molecule has 7 nitrogen and oxygen atoms in total. The molecule has 0 saturated carbocycles. The monoisotopic (exact) mass is 512 g/mol. The highest BCUT2D eigenvalue weighted by atomic mass is 35.5. The van der Waals surface area contributed by atoms with Gasteiger partial charge in [-0.1, -0.05) is 41.9 Å². The third-order valence-electron chi connectivity index (χ3n) is 5.40. The Morgan fingerprint density at radius 3 is 2.66 bits per heavy atom. The second kappa shape index (κ2) is 11.4. The summed E-state index contributed by atoms with van der Waals surface area (Å²) in [7, 11) is 1.63. The number of aromatic nitrogens is 2. The fraction of sp³-hybridized carbons (Fsp3) is 0.269. The van der Waals surface area contributed by atoms with Crippen molar-refractivity contribution >= 4 is 39.2 Å². The van der Waals surface area contributed by atoms with Gasteiger partial charge in [0, 0.05) is 18.2 Å². The molecule has 0 N–H and O–H groups in total. The lowest BCUT2D eigenvalue weighted by atomic mass is 10.1. The lowest BCUT2D eigenvalue weighted by molar-refractivity contribution is -0.151. The Balaban J connectivity index is 1.56. The van der Waals surface area contributed by atoms with Crippen molar-refractivity contribution in [2.24, 2.45) is 0 Å². The number of halogens is 1. The van der Waals surface area contributed by atoms with E-state index in [1.54, 1.807) is 20.2 Å². The summed E-state index contributed by atoms with van der Waals surface area (Å²) in [5.74, 6) is 1.30. The van der Waals surface area contributed by atoms with Crippen molar-refractivity contribution in [2.45, 2.75) is 33.0 Å². The Kier molecular flexibility index (Phi) is 8.05. The zero-order chi connectivity index (χ0) is 24.8. The topological polar surface area (TPSA) is 79.8 Å². The van der Waals surface area contributed by atoms with Crippen molar-refractivity contribution in [1.29, 1.82) is 0 Å². The maximum atomic E-state index is 12.9. The fourth-order valence-corrected chi connectivity index (χ4v) is 4.45. The molecule has 1 atom stereocenters. The summed E-state index contributed by atoms with van der Waals surface area (Å²) >= 11 is 7.45. The first-order valence-electron chi connectivity index (χ1n) is 11.1. The number of carbonyl (C=O) groups excluding carboxylic acids is 1. The van der Waals surface area contributed by atoms with Crippen LogP contribution in [0.3, 0.4) is 0 Å². The molecule has 0 fully saturated rings. The minimum Gasteiger partial charge on any atom is -0.497 e. The number of pyridine rings is 1. The van der Waals surface area contributed by atoms with Crippen LogP contribution in [0.1, 0.15) is 23.6 Å². The van der Waals surface area contributed by atoms with Gasteiger partial charge in [-0.05, 0) is 54.7 Å². The predicted octanol–water partition coefficient (Wildman–Crippen LogP) is 5.79. The molecular weight excluding hydrogens is 488 g/mol. The third kappa shape index (κ3) is 5.83. The Morgan fingerprint density at radius 1 is 1.14 bits per heavy atom. The third-order valence-corrected chi connectivity index (χ3v) is 6.55. The molecule has 0 amide bonds. The van der Waals surface area contributed by atoms with Crippen molar-refractivity contribution < 1.29 is 23.7 Å². The van der Waals surface area contributed by atoms with Gasteiger partial charge in [-0.25, -0.2) is 9.78 Å². The number of benzene rings is 2. The molecule has 1 unspecified atom stereocenters. The summed E-state index contributed by atoms with van der Waals surface area (Å²) in [6.07, 6.45) is 0.975. The number of esters is 1. The van der Waals surface area contributed by atoms with Crippen molar-refractivity contribution in [2.75, 3.05) is 13.7 Å². The van der Waals surface area contributed by atoms with Crippen LogP contribution in [0, 0.1) is 6.92 Å². The highest BCUT2D eigenvalue weighted by Gasteiger charge is 2.27. The average Bonchev–Trinajstić information content (AvgIpc) is 3.29. The molecule has 35 heavy (non-hydrogen) atoms. The van der Waals surface area contributed by atoms with Crippen molar-refractivity contribution in [3.63, 3.8) is 0 Å². The van der Waals surface area contributed by atoms with Crippen molar-refractivity contribution in [3.05, 3.63) is 76.6 Å². The summed E-state index contributed by atoms with van der Waals surface area (Å²) in [5, 5.41) is 1.11. The van der Waals surface area contributed by atoms with Crippen LogP contribution in [-0.4, -0.2) is 35.1 Å². The zero-order valence-corrected chi connectivity index (χ0v) is 21.2. The molecule has 2 heterocycles. The summed E-state index contributed by atoms with van der Waals surface area (Å²) in [5.41, 5.74) is 2.56. The van der Waals surface area contributed by atoms with Crippen LogP contribution in [-0.2, 0) is 22.6 Å². The Labute approximate surface area is 212 Å². The van der Waals surface area contributed by atoms with Gasteiger partial charge in [0.25, 0.3) is 0 Å². The lowest BCUT2D eigenvalue weighted by Crippen LogP contribution is -2.32. The molecule has 0 bridgehead atoms. The van der Waals surface area contributed by atoms with Crippen LogP contribution in [0.5, 0.6) is 17.4 Å². The number of para-hydroxylation sites is 1.